The highest BCUT2D eigenvalue weighted by atomic mass is 16.2. The van der Waals surface area contributed by atoms with Crippen LogP contribution in [0.1, 0.15) is 5.56 Å². The van der Waals surface area contributed by atoms with Gasteiger partial charge in [0, 0.05) is 5.56 Å². The molecule has 0 aliphatic carbocycles. The van der Waals surface area contributed by atoms with Crippen LogP contribution in [0, 0.1) is 0 Å². The van der Waals surface area contributed by atoms with Gasteiger partial charge in [-0.1, -0.05) is 53.6 Å². The van der Waals surface area contributed by atoms with Crippen molar-refractivity contribution in [2.45, 2.75) is 6.54 Å². The molecule has 8 heteroatoms. The molecule has 26 heavy (non-hydrogen) atoms. The molecule has 1 heterocycles. The molecule has 0 bridgehead atoms. The van der Waals surface area contributed by atoms with Gasteiger partial charge >= 0.3 is 0 Å². The zero-order valence-corrected chi connectivity index (χ0v) is 13.7. The molecule has 3 N–H and O–H groups in total. The Kier molecular flexibility index (Phi) is 3.98. The summed E-state index contributed by atoms with van der Waals surface area (Å²) >= 11 is 0. The Balaban J connectivity index is 1.62. The van der Waals surface area contributed by atoms with E-state index in [2.05, 4.69) is 44.1 Å². The highest BCUT2D eigenvalue weighted by molar-refractivity contribution is 6.13. The predicted molar refractivity (Wildman–Crippen MR) is 99.4 cm³/mol. The number of hydrogen-bond donors (Lipinski definition) is 2. The number of nitrogens with two attached hydrogens (primary N) is 1. The average Bonchev–Trinajstić information content (AvgIpc) is 3.05. The number of carbonyl (C=O) groups is 1. The lowest BCUT2D eigenvalue weighted by Crippen LogP contribution is -2.24. The fraction of sp³-hybridized carbons (Fsp3) is 0.0556. The molecule has 0 atom stereocenters. The van der Waals surface area contributed by atoms with Crippen molar-refractivity contribution in [2.75, 3.05) is 5.73 Å². The van der Waals surface area contributed by atoms with Crippen molar-refractivity contribution in [3.05, 3.63) is 60.2 Å². The van der Waals surface area contributed by atoms with E-state index >= 15 is 0 Å². The third-order valence-electron chi connectivity index (χ3n) is 3.95. The minimum absolute atomic E-state index is 0.0172. The number of benzene rings is 3. The summed E-state index contributed by atoms with van der Waals surface area (Å²) in [6.07, 6.45) is 1.66. The molecule has 0 aliphatic heterocycles. The summed E-state index contributed by atoms with van der Waals surface area (Å²) in [5, 5.41) is 19.4. The third kappa shape index (κ3) is 3.07. The van der Waals surface area contributed by atoms with E-state index in [1.807, 2.05) is 36.4 Å². The van der Waals surface area contributed by atoms with E-state index in [9.17, 15) is 4.79 Å². The van der Waals surface area contributed by atoms with Crippen molar-refractivity contribution < 1.29 is 4.79 Å². The SMILES string of the molecule is Nc1nnn(CC(=O)NN=Cc2c3ccccc3cc3ccccc23)n1. The van der Waals surface area contributed by atoms with Crippen LogP contribution in [0.2, 0.25) is 0 Å². The summed E-state index contributed by atoms with van der Waals surface area (Å²) in [6.45, 7) is -0.113. The number of fused-ring (bicyclic) bond motifs is 2. The number of carbonyl (C=O) groups excluding carboxylic acids is 1. The summed E-state index contributed by atoms with van der Waals surface area (Å²) in [5.41, 5.74) is 8.80. The van der Waals surface area contributed by atoms with Gasteiger partial charge in [0.2, 0.25) is 0 Å². The number of tetrazole rings is 1. The van der Waals surface area contributed by atoms with Gasteiger partial charge in [0.05, 0.1) is 6.21 Å². The van der Waals surface area contributed by atoms with Gasteiger partial charge in [0.25, 0.3) is 11.9 Å². The fourth-order valence-electron chi connectivity index (χ4n) is 2.84. The first-order valence-corrected chi connectivity index (χ1v) is 7.96. The maximum absolute atomic E-state index is 11.9. The van der Waals surface area contributed by atoms with Crippen molar-refractivity contribution in [3.63, 3.8) is 0 Å². The van der Waals surface area contributed by atoms with Crippen LogP contribution in [0.15, 0.2) is 59.7 Å². The molecule has 1 amide bonds. The van der Waals surface area contributed by atoms with E-state index in [0.29, 0.717) is 0 Å². The fourth-order valence-corrected chi connectivity index (χ4v) is 2.84. The summed E-state index contributed by atoms with van der Waals surface area (Å²) in [6, 6.07) is 18.3. The van der Waals surface area contributed by atoms with E-state index < -0.39 is 0 Å². The second-order valence-electron chi connectivity index (χ2n) is 5.70. The molecule has 0 saturated heterocycles. The lowest BCUT2D eigenvalue weighted by Gasteiger charge is -2.07. The van der Waals surface area contributed by atoms with Crippen molar-refractivity contribution in [1.82, 2.24) is 25.6 Å². The largest absolute Gasteiger partial charge is 0.365 e. The van der Waals surface area contributed by atoms with Crippen LogP contribution in [-0.2, 0) is 11.3 Å². The molecular weight excluding hydrogens is 330 g/mol. The Morgan fingerprint density at radius 2 is 1.77 bits per heavy atom. The van der Waals surface area contributed by atoms with E-state index in [0.717, 1.165) is 31.9 Å². The molecule has 128 valence electrons. The van der Waals surface area contributed by atoms with Gasteiger partial charge in [-0.15, -0.1) is 5.10 Å². The number of hydrazone groups is 1. The van der Waals surface area contributed by atoms with E-state index in [4.69, 9.17) is 5.73 Å². The van der Waals surface area contributed by atoms with E-state index in [1.54, 1.807) is 6.21 Å². The van der Waals surface area contributed by atoms with Crippen LogP contribution >= 0.6 is 0 Å². The quantitative estimate of drug-likeness (QED) is 0.332. The molecule has 0 radical (unpaired) electrons. The van der Waals surface area contributed by atoms with Crippen molar-refractivity contribution >= 4 is 39.6 Å². The minimum Gasteiger partial charge on any atom is -0.365 e. The van der Waals surface area contributed by atoms with Gasteiger partial charge in [-0.05, 0) is 32.8 Å². The highest BCUT2D eigenvalue weighted by Crippen LogP contribution is 2.27. The Hall–Kier alpha value is -3.81. The standard InChI is InChI=1S/C18H15N7O/c19-18-22-24-25(23-18)11-17(26)21-20-10-16-14-7-3-1-5-12(14)9-13-6-2-4-8-15(13)16/h1-10H,11H2,(H2,19,23)(H,21,26). The molecular formula is C18H15N7O. The van der Waals surface area contributed by atoms with Crippen LogP contribution in [0.3, 0.4) is 0 Å². The molecule has 4 aromatic rings. The second-order valence-corrected chi connectivity index (χ2v) is 5.70. The van der Waals surface area contributed by atoms with Gasteiger partial charge in [0.15, 0.2) is 0 Å². The first-order chi connectivity index (χ1) is 12.7. The number of rotatable bonds is 4. The molecule has 0 fully saturated rings. The zero-order chi connectivity index (χ0) is 17.9. The molecule has 0 unspecified atom stereocenters. The molecule has 0 saturated carbocycles. The number of anilines is 1. The summed E-state index contributed by atoms with van der Waals surface area (Å²) < 4.78 is 0. The lowest BCUT2D eigenvalue weighted by molar-refractivity contribution is -0.122. The highest BCUT2D eigenvalue weighted by Gasteiger charge is 2.07. The molecule has 3 aromatic carbocycles. The smallest absolute Gasteiger partial charge is 0.263 e. The monoisotopic (exact) mass is 345 g/mol. The molecule has 8 nitrogen and oxygen atoms in total. The Bertz CT molecular complexity index is 1080. The Morgan fingerprint density at radius 1 is 1.12 bits per heavy atom. The van der Waals surface area contributed by atoms with Gasteiger partial charge < -0.3 is 5.73 Å². The van der Waals surface area contributed by atoms with Gasteiger partial charge in [-0.2, -0.15) is 9.90 Å². The summed E-state index contributed by atoms with van der Waals surface area (Å²) in [4.78, 5) is 13.0. The molecule has 0 spiro atoms. The van der Waals surface area contributed by atoms with Gasteiger partial charge in [-0.3, -0.25) is 4.79 Å². The second kappa shape index (κ2) is 6.60. The van der Waals surface area contributed by atoms with Crippen molar-refractivity contribution in [3.8, 4) is 0 Å². The summed E-state index contributed by atoms with van der Waals surface area (Å²) in [7, 11) is 0. The van der Waals surface area contributed by atoms with E-state index in [-0.39, 0.29) is 18.4 Å². The summed E-state index contributed by atoms with van der Waals surface area (Å²) in [5.74, 6) is -0.355. The Labute approximate surface area is 148 Å². The van der Waals surface area contributed by atoms with Crippen LogP contribution in [0.25, 0.3) is 21.5 Å². The van der Waals surface area contributed by atoms with Crippen LogP contribution in [-0.4, -0.2) is 32.3 Å². The zero-order valence-electron chi connectivity index (χ0n) is 13.7. The number of nitrogens with zero attached hydrogens (tertiary/aromatic N) is 5. The number of hydrogen-bond acceptors (Lipinski definition) is 6. The number of amides is 1. The molecule has 0 aliphatic rings. The Morgan fingerprint density at radius 3 is 2.38 bits per heavy atom. The van der Waals surface area contributed by atoms with Crippen LogP contribution < -0.4 is 11.2 Å². The lowest BCUT2D eigenvalue weighted by atomic mass is 9.97. The normalized spacial score (nSPS) is 11.4. The number of nitrogens with one attached hydrogen (secondary N) is 1. The maximum Gasteiger partial charge on any atom is 0.263 e. The maximum atomic E-state index is 11.9. The van der Waals surface area contributed by atoms with E-state index in [1.165, 1.54) is 0 Å². The average molecular weight is 345 g/mol. The van der Waals surface area contributed by atoms with Gasteiger partial charge in [-0.25, -0.2) is 5.43 Å². The molecule has 1 aromatic heterocycles. The number of aromatic nitrogens is 4. The third-order valence-corrected chi connectivity index (χ3v) is 3.95. The predicted octanol–water partition coefficient (Wildman–Crippen LogP) is 1.71. The van der Waals surface area contributed by atoms with Crippen molar-refractivity contribution in [2.24, 2.45) is 5.10 Å². The van der Waals surface area contributed by atoms with Crippen LogP contribution in [0.4, 0.5) is 5.95 Å². The van der Waals surface area contributed by atoms with Crippen LogP contribution in [0.5, 0.6) is 0 Å². The van der Waals surface area contributed by atoms with Crippen molar-refractivity contribution in [1.29, 1.82) is 0 Å². The first-order valence-electron chi connectivity index (χ1n) is 7.96. The number of nitrogen functional groups attached to an aromatic ring is 1. The first kappa shape index (κ1) is 15.7. The molecule has 4 rings (SSSR count). The topological polar surface area (TPSA) is 111 Å². The van der Waals surface area contributed by atoms with Gasteiger partial charge in [0.1, 0.15) is 6.54 Å². The minimum atomic E-state index is -0.372.